The van der Waals surface area contributed by atoms with Gasteiger partial charge in [-0.2, -0.15) is 0 Å². The molecule has 2 rings (SSSR count). The molecule has 112 valence electrons. The van der Waals surface area contributed by atoms with Crippen molar-refractivity contribution in [2.24, 2.45) is 0 Å². The number of benzene rings is 1. The van der Waals surface area contributed by atoms with Crippen LogP contribution >= 0.6 is 11.3 Å². The van der Waals surface area contributed by atoms with E-state index in [2.05, 4.69) is 0 Å². The summed E-state index contributed by atoms with van der Waals surface area (Å²) in [5, 5.41) is 1.95. The van der Waals surface area contributed by atoms with E-state index >= 15 is 0 Å². The topological polar surface area (TPSA) is 44.8 Å². The van der Waals surface area contributed by atoms with E-state index in [0.717, 1.165) is 22.4 Å². The van der Waals surface area contributed by atoms with Crippen LogP contribution in [0.5, 0.6) is 5.75 Å². The van der Waals surface area contributed by atoms with Crippen molar-refractivity contribution >= 4 is 17.3 Å². The smallest absolute Gasteiger partial charge is 0.348 e. The Hall–Kier alpha value is -1.85. The van der Waals surface area contributed by atoms with Crippen molar-refractivity contribution in [3.05, 3.63) is 40.1 Å². The predicted molar refractivity (Wildman–Crippen MR) is 83.2 cm³/mol. The van der Waals surface area contributed by atoms with Gasteiger partial charge in [0.2, 0.25) is 0 Å². The zero-order valence-electron chi connectivity index (χ0n) is 12.3. The Labute approximate surface area is 128 Å². The van der Waals surface area contributed by atoms with Crippen LogP contribution in [0.3, 0.4) is 0 Å². The van der Waals surface area contributed by atoms with Crippen LogP contribution in [0.4, 0.5) is 0 Å². The summed E-state index contributed by atoms with van der Waals surface area (Å²) in [5.41, 5.74) is 2.80. The SMILES string of the molecule is COCCOc1ccccc1-c1c(C)csc1C(=O)OC. The third-order valence-electron chi connectivity index (χ3n) is 3.05. The average Bonchev–Trinajstić information content (AvgIpc) is 2.89. The van der Waals surface area contributed by atoms with Gasteiger partial charge in [0.15, 0.2) is 0 Å². The number of para-hydroxylation sites is 1. The highest BCUT2D eigenvalue weighted by Gasteiger charge is 2.20. The van der Waals surface area contributed by atoms with Gasteiger partial charge in [0.25, 0.3) is 0 Å². The molecule has 0 saturated heterocycles. The molecule has 2 aromatic rings. The first kappa shape index (κ1) is 15.5. The second kappa shape index (κ2) is 7.24. The van der Waals surface area contributed by atoms with Gasteiger partial charge in [0.1, 0.15) is 17.2 Å². The third kappa shape index (κ3) is 3.43. The summed E-state index contributed by atoms with van der Waals surface area (Å²) < 4.78 is 15.6. The lowest BCUT2D eigenvalue weighted by Gasteiger charge is -2.12. The summed E-state index contributed by atoms with van der Waals surface area (Å²) in [7, 11) is 3.02. The van der Waals surface area contributed by atoms with Crippen LogP contribution in [0, 0.1) is 6.92 Å². The molecule has 0 spiro atoms. The highest BCUT2D eigenvalue weighted by atomic mass is 32.1. The Morgan fingerprint density at radius 2 is 1.95 bits per heavy atom. The number of carbonyl (C=O) groups is 1. The summed E-state index contributed by atoms with van der Waals surface area (Å²) in [5.74, 6) is 0.413. The van der Waals surface area contributed by atoms with E-state index in [4.69, 9.17) is 14.2 Å². The molecule has 0 amide bonds. The maximum Gasteiger partial charge on any atom is 0.348 e. The van der Waals surface area contributed by atoms with Gasteiger partial charge in [-0.25, -0.2) is 4.79 Å². The zero-order valence-corrected chi connectivity index (χ0v) is 13.2. The highest BCUT2D eigenvalue weighted by Crippen LogP contribution is 2.38. The minimum Gasteiger partial charge on any atom is -0.491 e. The molecule has 0 bridgehead atoms. The number of aryl methyl sites for hydroxylation is 1. The van der Waals surface area contributed by atoms with Gasteiger partial charge in [-0.1, -0.05) is 18.2 Å². The minimum atomic E-state index is -0.324. The van der Waals surface area contributed by atoms with Crippen LogP contribution in [-0.2, 0) is 9.47 Å². The average molecular weight is 306 g/mol. The van der Waals surface area contributed by atoms with Crippen LogP contribution in [0.15, 0.2) is 29.6 Å². The summed E-state index contributed by atoms with van der Waals surface area (Å²) >= 11 is 1.39. The molecule has 0 unspecified atom stereocenters. The van der Waals surface area contributed by atoms with Crippen LogP contribution in [-0.4, -0.2) is 33.4 Å². The lowest BCUT2D eigenvalue weighted by atomic mass is 10.0. The van der Waals surface area contributed by atoms with E-state index < -0.39 is 0 Å². The molecule has 1 heterocycles. The quantitative estimate of drug-likeness (QED) is 0.605. The Morgan fingerprint density at radius 1 is 1.19 bits per heavy atom. The first-order chi connectivity index (χ1) is 10.2. The van der Waals surface area contributed by atoms with E-state index in [-0.39, 0.29) is 5.97 Å². The maximum absolute atomic E-state index is 11.9. The Morgan fingerprint density at radius 3 is 2.67 bits per heavy atom. The number of thiophene rings is 1. The normalized spacial score (nSPS) is 10.4. The van der Waals surface area contributed by atoms with Gasteiger partial charge in [0.05, 0.1) is 13.7 Å². The van der Waals surface area contributed by atoms with Gasteiger partial charge in [0, 0.05) is 18.2 Å². The van der Waals surface area contributed by atoms with Gasteiger partial charge >= 0.3 is 5.97 Å². The molecule has 21 heavy (non-hydrogen) atoms. The first-order valence-corrected chi connectivity index (χ1v) is 7.44. The van der Waals surface area contributed by atoms with Gasteiger partial charge in [-0.15, -0.1) is 11.3 Å². The van der Waals surface area contributed by atoms with Crippen molar-refractivity contribution < 1.29 is 19.0 Å². The number of carbonyl (C=O) groups excluding carboxylic acids is 1. The maximum atomic E-state index is 11.9. The molecule has 0 saturated carbocycles. The van der Waals surface area contributed by atoms with Crippen molar-refractivity contribution in [2.75, 3.05) is 27.4 Å². The fourth-order valence-electron chi connectivity index (χ4n) is 2.06. The zero-order chi connectivity index (χ0) is 15.2. The minimum absolute atomic E-state index is 0.324. The molecule has 4 nitrogen and oxygen atoms in total. The molecule has 0 radical (unpaired) electrons. The molecule has 0 atom stereocenters. The highest BCUT2D eigenvalue weighted by molar-refractivity contribution is 7.12. The molecular weight excluding hydrogens is 288 g/mol. The molecule has 1 aromatic carbocycles. The van der Waals surface area contributed by atoms with Crippen molar-refractivity contribution in [1.29, 1.82) is 0 Å². The predicted octanol–water partition coefficient (Wildman–Crippen LogP) is 3.54. The number of esters is 1. The largest absolute Gasteiger partial charge is 0.491 e. The second-order valence-electron chi connectivity index (χ2n) is 4.45. The van der Waals surface area contributed by atoms with Crippen LogP contribution in [0.2, 0.25) is 0 Å². The Balaban J connectivity index is 2.42. The summed E-state index contributed by atoms with van der Waals surface area (Å²) in [6, 6.07) is 7.68. The second-order valence-corrected chi connectivity index (χ2v) is 5.33. The van der Waals surface area contributed by atoms with Crippen molar-refractivity contribution in [2.45, 2.75) is 6.92 Å². The molecule has 0 aliphatic carbocycles. The van der Waals surface area contributed by atoms with Crippen molar-refractivity contribution in [3.8, 4) is 16.9 Å². The standard InChI is InChI=1S/C16H18O4S/c1-11-10-21-15(16(17)19-3)14(11)12-6-4-5-7-13(12)20-9-8-18-2/h4-7,10H,8-9H2,1-3H3. The van der Waals surface area contributed by atoms with E-state index in [0.29, 0.717) is 18.1 Å². The monoisotopic (exact) mass is 306 g/mol. The molecule has 0 aliphatic rings. The molecule has 5 heteroatoms. The van der Waals surface area contributed by atoms with Crippen LogP contribution < -0.4 is 4.74 Å². The summed E-state index contributed by atoms with van der Waals surface area (Å²) in [6.07, 6.45) is 0. The fraction of sp³-hybridized carbons (Fsp3) is 0.312. The van der Waals surface area contributed by atoms with Gasteiger partial charge in [-0.3, -0.25) is 0 Å². The van der Waals surface area contributed by atoms with E-state index in [9.17, 15) is 4.79 Å². The number of ether oxygens (including phenoxy) is 3. The van der Waals surface area contributed by atoms with Gasteiger partial charge < -0.3 is 14.2 Å². The molecule has 0 N–H and O–H groups in total. The Bertz CT molecular complexity index is 618. The molecule has 1 aromatic heterocycles. The Kier molecular flexibility index (Phi) is 5.36. The first-order valence-electron chi connectivity index (χ1n) is 6.56. The summed E-state index contributed by atoms with van der Waals surface area (Å²) in [6.45, 7) is 2.95. The molecule has 0 aliphatic heterocycles. The van der Waals surface area contributed by atoms with Gasteiger partial charge in [-0.05, 0) is 23.9 Å². The van der Waals surface area contributed by atoms with Crippen LogP contribution in [0.1, 0.15) is 15.2 Å². The van der Waals surface area contributed by atoms with Crippen molar-refractivity contribution in [3.63, 3.8) is 0 Å². The van der Waals surface area contributed by atoms with E-state index in [1.807, 2.05) is 36.6 Å². The third-order valence-corrected chi connectivity index (χ3v) is 4.13. The lowest BCUT2D eigenvalue weighted by molar-refractivity contribution is 0.0607. The van der Waals surface area contributed by atoms with E-state index in [1.165, 1.54) is 18.4 Å². The number of rotatable bonds is 6. The number of methoxy groups -OCH3 is 2. The lowest BCUT2D eigenvalue weighted by Crippen LogP contribution is -2.06. The fourth-order valence-corrected chi connectivity index (χ4v) is 3.04. The summed E-state index contributed by atoms with van der Waals surface area (Å²) in [4.78, 5) is 12.5. The van der Waals surface area contributed by atoms with Crippen molar-refractivity contribution in [1.82, 2.24) is 0 Å². The number of hydrogen-bond donors (Lipinski definition) is 0. The van der Waals surface area contributed by atoms with Crippen LogP contribution in [0.25, 0.3) is 11.1 Å². The van der Waals surface area contributed by atoms with E-state index in [1.54, 1.807) is 7.11 Å². The molecule has 0 fully saturated rings. The number of hydrogen-bond acceptors (Lipinski definition) is 5. The molecular formula is C16H18O4S.